The maximum Gasteiger partial charge on any atom is 0.0670 e. The van der Waals surface area contributed by atoms with Gasteiger partial charge in [-0.1, -0.05) is 0 Å². The van der Waals surface area contributed by atoms with Gasteiger partial charge in [-0.25, -0.2) is 0 Å². The van der Waals surface area contributed by atoms with E-state index in [4.69, 9.17) is 5.11 Å². The summed E-state index contributed by atoms with van der Waals surface area (Å²) in [5, 5.41) is 10.5. The van der Waals surface area contributed by atoms with Crippen LogP contribution >= 0.6 is 11.8 Å². The molecule has 1 saturated carbocycles. The van der Waals surface area contributed by atoms with Gasteiger partial charge in [0.05, 0.1) is 6.10 Å². The molecular weight excluding hydrogens is 108 g/mol. The van der Waals surface area contributed by atoms with E-state index in [1.165, 1.54) is 6.42 Å². The van der Waals surface area contributed by atoms with Crippen LogP contribution in [0.25, 0.3) is 0 Å². The molecule has 1 nitrogen and oxygen atoms in total. The molecular formula is C5H8OS. The molecule has 0 aromatic carbocycles. The predicted octanol–water partition coefficient (Wildman–Crippen LogP) is 0.625. The second-order valence-electron chi connectivity index (χ2n) is 2.28. The van der Waals surface area contributed by atoms with Gasteiger partial charge < -0.3 is 5.11 Å². The second kappa shape index (κ2) is 1.17. The summed E-state index contributed by atoms with van der Waals surface area (Å²) in [6.45, 7) is 0. The first-order valence-electron chi connectivity index (χ1n) is 2.71. The van der Waals surface area contributed by atoms with Gasteiger partial charge in [0.1, 0.15) is 0 Å². The lowest BCUT2D eigenvalue weighted by atomic mass is 10.3. The smallest absolute Gasteiger partial charge is 0.0670 e. The van der Waals surface area contributed by atoms with E-state index in [2.05, 4.69) is 0 Å². The van der Waals surface area contributed by atoms with Crippen molar-refractivity contribution in [2.24, 2.45) is 0 Å². The number of hydrogen-bond acceptors (Lipinski definition) is 2. The molecule has 2 heteroatoms. The van der Waals surface area contributed by atoms with Gasteiger partial charge in [-0.05, 0) is 12.8 Å². The zero-order valence-corrected chi connectivity index (χ0v) is 4.82. The Kier molecular flexibility index (Phi) is 0.707. The lowest BCUT2D eigenvalue weighted by Crippen LogP contribution is -2.06. The Labute approximate surface area is 47.1 Å². The molecule has 0 aromatic rings. The van der Waals surface area contributed by atoms with Crippen LogP contribution in [0, 0.1) is 0 Å². The average Bonchev–Trinajstić information content (AvgIpc) is 2.33. The maximum absolute atomic E-state index is 9.02. The Balaban J connectivity index is 2.08. The third kappa shape index (κ3) is 0.500. The highest BCUT2D eigenvalue weighted by Crippen LogP contribution is 2.52. The van der Waals surface area contributed by atoms with Crippen molar-refractivity contribution in [1.29, 1.82) is 0 Å². The van der Waals surface area contributed by atoms with Gasteiger partial charge in [-0.3, -0.25) is 0 Å². The summed E-state index contributed by atoms with van der Waals surface area (Å²) in [6, 6.07) is 0. The normalized spacial score (nSPS) is 57.0. The number of rotatable bonds is 0. The molecule has 3 unspecified atom stereocenters. The Morgan fingerprint density at radius 1 is 1.43 bits per heavy atom. The van der Waals surface area contributed by atoms with Crippen molar-refractivity contribution >= 4 is 11.8 Å². The molecule has 0 radical (unpaired) electrons. The monoisotopic (exact) mass is 116 g/mol. The second-order valence-corrected chi connectivity index (χ2v) is 3.71. The summed E-state index contributed by atoms with van der Waals surface area (Å²) in [7, 11) is 0. The SMILES string of the molecule is OC1CCC2SC12. The molecule has 3 atom stereocenters. The minimum atomic E-state index is 0.0509. The summed E-state index contributed by atoms with van der Waals surface area (Å²) < 4.78 is 0. The van der Waals surface area contributed by atoms with Crippen molar-refractivity contribution in [2.75, 3.05) is 0 Å². The van der Waals surface area contributed by atoms with Crippen LogP contribution in [-0.2, 0) is 0 Å². The van der Waals surface area contributed by atoms with E-state index < -0.39 is 0 Å². The summed E-state index contributed by atoms with van der Waals surface area (Å²) >= 11 is 1.94. The van der Waals surface area contributed by atoms with E-state index in [0.717, 1.165) is 11.7 Å². The maximum atomic E-state index is 9.02. The van der Waals surface area contributed by atoms with Crippen LogP contribution in [0.3, 0.4) is 0 Å². The van der Waals surface area contributed by atoms with Gasteiger partial charge in [0.2, 0.25) is 0 Å². The molecule has 1 saturated heterocycles. The summed E-state index contributed by atoms with van der Waals surface area (Å²) in [5.41, 5.74) is 0. The molecule has 1 aliphatic carbocycles. The molecule has 2 rings (SSSR count). The minimum Gasteiger partial charge on any atom is -0.392 e. The molecule has 0 aromatic heterocycles. The Bertz CT molecular complexity index is 94.1. The standard InChI is InChI=1S/C5H8OS/c6-3-1-2-4-5(3)7-4/h3-6H,1-2H2. The van der Waals surface area contributed by atoms with E-state index in [1.807, 2.05) is 11.8 Å². The van der Waals surface area contributed by atoms with Crippen LogP contribution in [0.15, 0.2) is 0 Å². The van der Waals surface area contributed by atoms with Gasteiger partial charge in [-0.2, -0.15) is 11.8 Å². The number of hydrogen-bond donors (Lipinski definition) is 1. The van der Waals surface area contributed by atoms with E-state index in [1.54, 1.807) is 0 Å². The number of thioether (sulfide) groups is 1. The van der Waals surface area contributed by atoms with Crippen molar-refractivity contribution in [2.45, 2.75) is 29.4 Å². The fraction of sp³-hybridized carbons (Fsp3) is 1.00. The fourth-order valence-electron chi connectivity index (χ4n) is 1.23. The van der Waals surface area contributed by atoms with Gasteiger partial charge in [0, 0.05) is 10.5 Å². The quantitative estimate of drug-likeness (QED) is 0.468. The highest BCUT2D eigenvalue weighted by molar-refractivity contribution is 8.07. The van der Waals surface area contributed by atoms with Crippen LogP contribution in [0.2, 0.25) is 0 Å². The van der Waals surface area contributed by atoms with Gasteiger partial charge in [-0.15, -0.1) is 0 Å². The molecule has 0 bridgehead atoms. The Hall–Kier alpha value is 0.310. The third-order valence-corrected chi connectivity index (χ3v) is 3.27. The molecule has 1 N–H and O–H groups in total. The Morgan fingerprint density at radius 3 is 2.43 bits per heavy atom. The first kappa shape index (κ1) is 4.21. The van der Waals surface area contributed by atoms with E-state index >= 15 is 0 Å². The van der Waals surface area contributed by atoms with Crippen LogP contribution < -0.4 is 0 Å². The number of aliphatic hydroxyl groups is 1. The minimum absolute atomic E-state index is 0.0509. The van der Waals surface area contributed by atoms with Crippen molar-refractivity contribution in [1.82, 2.24) is 0 Å². The van der Waals surface area contributed by atoms with Gasteiger partial charge in [0.15, 0.2) is 0 Å². The van der Waals surface area contributed by atoms with Crippen LogP contribution in [0.5, 0.6) is 0 Å². The summed E-state index contributed by atoms with van der Waals surface area (Å²) in [4.78, 5) is 0. The highest BCUT2D eigenvalue weighted by Gasteiger charge is 2.48. The van der Waals surface area contributed by atoms with Crippen LogP contribution in [-0.4, -0.2) is 21.7 Å². The zero-order valence-electron chi connectivity index (χ0n) is 4.00. The summed E-state index contributed by atoms with van der Waals surface area (Å²) in [5.74, 6) is 0. The topological polar surface area (TPSA) is 20.2 Å². The summed E-state index contributed by atoms with van der Waals surface area (Å²) in [6.07, 6.45) is 2.37. The molecule has 2 fully saturated rings. The molecule has 7 heavy (non-hydrogen) atoms. The molecule has 40 valence electrons. The van der Waals surface area contributed by atoms with Gasteiger partial charge in [0.25, 0.3) is 0 Å². The molecule has 0 spiro atoms. The van der Waals surface area contributed by atoms with Gasteiger partial charge >= 0.3 is 0 Å². The lowest BCUT2D eigenvalue weighted by molar-refractivity contribution is 0.192. The van der Waals surface area contributed by atoms with E-state index in [-0.39, 0.29) is 6.10 Å². The molecule has 1 heterocycles. The predicted molar refractivity (Wildman–Crippen MR) is 30.4 cm³/mol. The third-order valence-electron chi connectivity index (χ3n) is 1.75. The fourth-order valence-corrected chi connectivity index (χ4v) is 2.45. The van der Waals surface area contributed by atoms with Crippen LogP contribution in [0.4, 0.5) is 0 Å². The van der Waals surface area contributed by atoms with Crippen molar-refractivity contribution < 1.29 is 5.11 Å². The number of aliphatic hydroxyl groups excluding tert-OH is 1. The first-order chi connectivity index (χ1) is 3.38. The van der Waals surface area contributed by atoms with Crippen LogP contribution in [0.1, 0.15) is 12.8 Å². The molecule has 2 aliphatic rings. The van der Waals surface area contributed by atoms with E-state index in [9.17, 15) is 0 Å². The number of fused-ring (bicyclic) bond motifs is 1. The Morgan fingerprint density at radius 2 is 2.29 bits per heavy atom. The molecule has 1 aliphatic heterocycles. The highest BCUT2D eigenvalue weighted by atomic mass is 32.2. The first-order valence-corrected chi connectivity index (χ1v) is 3.66. The lowest BCUT2D eigenvalue weighted by Gasteiger charge is -1.96. The average molecular weight is 116 g/mol. The molecule has 0 amide bonds. The van der Waals surface area contributed by atoms with Crippen molar-refractivity contribution in [3.05, 3.63) is 0 Å². The zero-order chi connectivity index (χ0) is 4.85. The van der Waals surface area contributed by atoms with E-state index in [0.29, 0.717) is 5.25 Å². The van der Waals surface area contributed by atoms with Crippen molar-refractivity contribution in [3.63, 3.8) is 0 Å². The van der Waals surface area contributed by atoms with Crippen molar-refractivity contribution in [3.8, 4) is 0 Å². The largest absolute Gasteiger partial charge is 0.392 e.